The van der Waals surface area contributed by atoms with Crippen LogP contribution in [0, 0.1) is 6.92 Å². The summed E-state index contributed by atoms with van der Waals surface area (Å²) in [6, 6.07) is 6.70. The number of imidazole rings is 1. The zero-order valence-electron chi connectivity index (χ0n) is 9.20. The lowest BCUT2D eigenvalue weighted by molar-refractivity contribution is 0.599. The van der Waals surface area contributed by atoms with Crippen LogP contribution in [-0.2, 0) is 0 Å². The Morgan fingerprint density at radius 1 is 1.50 bits per heavy atom. The van der Waals surface area contributed by atoms with Crippen LogP contribution in [0.15, 0.2) is 22.8 Å². The van der Waals surface area contributed by atoms with Crippen LogP contribution in [0.25, 0.3) is 5.52 Å². The number of rotatable bonds is 1. The van der Waals surface area contributed by atoms with Crippen molar-refractivity contribution in [2.24, 2.45) is 0 Å². The van der Waals surface area contributed by atoms with E-state index in [1.54, 1.807) is 0 Å². The minimum atomic E-state index is 0.403. The number of hydrogen-bond donors (Lipinski definition) is 1. The van der Waals surface area contributed by atoms with Gasteiger partial charge in [-0.05, 0) is 54.4 Å². The Labute approximate surface area is 103 Å². The molecule has 0 bridgehead atoms. The molecule has 3 rings (SSSR count). The van der Waals surface area contributed by atoms with E-state index >= 15 is 0 Å². The number of fused-ring (bicyclic) bond motifs is 1. The highest BCUT2D eigenvalue weighted by molar-refractivity contribution is 9.10. The molecule has 0 amide bonds. The van der Waals surface area contributed by atoms with Crippen molar-refractivity contribution >= 4 is 21.4 Å². The molecule has 0 saturated carbocycles. The molecule has 84 valence electrons. The van der Waals surface area contributed by atoms with Gasteiger partial charge in [0.1, 0.15) is 10.4 Å². The number of hydrogen-bond acceptors (Lipinski definition) is 2. The van der Waals surface area contributed by atoms with E-state index < -0.39 is 0 Å². The highest BCUT2D eigenvalue weighted by Crippen LogP contribution is 2.28. The van der Waals surface area contributed by atoms with Crippen molar-refractivity contribution in [3.8, 4) is 0 Å². The van der Waals surface area contributed by atoms with E-state index in [9.17, 15) is 0 Å². The summed E-state index contributed by atoms with van der Waals surface area (Å²) < 4.78 is 3.19. The predicted octanol–water partition coefficient (Wildman–Crippen LogP) is 2.83. The first kappa shape index (κ1) is 10.3. The van der Waals surface area contributed by atoms with E-state index in [2.05, 4.69) is 55.8 Å². The molecule has 4 heteroatoms. The Kier molecular flexibility index (Phi) is 2.48. The maximum atomic E-state index is 4.65. The van der Waals surface area contributed by atoms with E-state index in [0.29, 0.717) is 6.04 Å². The van der Waals surface area contributed by atoms with E-state index in [-0.39, 0.29) is 0 Å². The molecule has 2 aromatic rings. The van der Waals surface area contributed by atoms with Gasteiger partial charge in [-0.15, -0.1) is 0 Å². The summed E-state index contributed by atoms with van der Waals surface area (Å²) in [5.74, 6) is 1.14. The first-order valence-corrected chi connectivity index (χ1v) is 6.43. The van der Waals surface area contributed by atoms with Gasteiger partial charge in [-0.2, -0.15) is 0 Å². The molecule has 2 aromatic heterocycles. The summed E-state index contributed by atoms with van der Waals surface area (Å²) in [5, 5.41) is 3.50. The second-order valence-corrected chi connectivity index (χ2v) is 5.05. The lowest BCUT2D eigenvalue weighted by atomic mass is 10.2. The lowest BCUT2D eigenvalue weighted by Crippen LogP contribution is -2.16. The third kappa shape index (κ3) is 1.48. The molecule has 16 heavy (non-hydrogen) atoms. The number of pyridine rings is 1. The minimum Gasteiger partial charge on any atom is -0.307 e. The van der Waals surface area contributed by atoms with E-state index in [4.69, 9.17) is 0 Å². The zero-order valence-corrected chi connectivity index (χ0v) is 10.8. The molecule has 3 nitrogen and oxygen atoms in total. The molecular weight excluding hydrogens is 266 g/mol. The van der Waals surface area contributed by atoms with Crippen LogP contribution < -0.4 is 5.32 Å². The topological polar surface area (TPSA) is 29.3 Å². The van der Waals surface area contributed by atoms with Crippen LogP contribution in [0.4, 0.5) is 0 Å². The summed E-state index contributed by atoms with van der Waals surface area (Å²) in [6.45, 7) is 3.22. The van der Waals surface area contributed by atoms with Crippen molar-refractivity contribution in [3.63, 3.8) is 0 Å². The van der Waals surface area contributed by atoms with Gasteiger partial charge in [0, 0.05) is 5.69 Å². The van der Waals surface area contributed by atoms with Gasteiger partial charge in [0.05, 0.1) is 11.6 Å². The largest absolute Gasteiger partial charge is 0.307 e. The molecule has 1 fully saturated rings. The quantitative estimate of drug-likeness (QED) is 0.870. The predicted molar refractivity (Wildman–Crippen MR) is 67.6 cm³/mol. The van der Waals surface area contributed by atoms with Crippen LogP contribution >= 0.6 is 15.9 Å². The Morgan fingerprint density at radius 2 is 2.38 bits per heavy atom. The molecule has 1 aliphatic heterocycles. The fourth-order valence-electron chi connectivity index (χ4n) is 2.43. The van der Waals surface area contributed by atoms with Crippen LogP contribution in [0.2, 0.25) is 0 Å². The smallest absolute Gasteiger partial charge is 0.132 e. The SMILES string of the molecule is Cc1cccc2c(Br)nc(C3CCCN3)n12. The monoisotopic (exact) mass is 279 g/mol. The lowest BCUT2D eigenvalue weighted by Gasteiger charge is -2.10. The van der Waals surface area contributed by atoms with Gasteiger partial charge in [0.15, 0.2) is 0 Å². The first-order chi connectivity index (χ1) is 7.77. The molecule has 1 unspecified atom stereocenters. The van der Waals surface area contributed by atoms with Gasteiger partial charge in [0.25, 0.3) is 0 Å². The Morgan fingerprint density at radius 3 is 3.12 bits per heavy atom. The molecule has 1 atom stereocenters. The van der Waals surface area contributed by atoms with Crippen LogP contribution in [0.1, 0.15) is 30.4 Å². The normalized spacial score (nSPS) is 20.8. The maximum absolute atomic E-state index is 4.65. The maximum Gasteiger partial charge on any atom is 0.132 e. The van der Waals surface area contributed by atoms with Gasteiger partial charge in [-0.3, -0.25) is 4.40 Å². The number of halogens is 1. The molecule has 0 aliphatic carbocycles. The third-order valence-electron chi connectivity index (χ3n) is 3.21. The average molecular weight is 280 g/mol. The van der Waals surface area contributed by atoms with Gasteiger partial charge in [-0.25, -0.2) is 4.98 Å². The van der Waals surface area contributed by atoms with Crippen LogP contribution in [0.3, 0.4) is 0 Å². The fraction of sp³-hybridized carbons (Fsp3) is 0.417. The van der Waals surface area contributed by atoms with Crippen molar-refractivity contribution in [1.29, 1.82) is 0 Å². The van der Waals surface area contributed by atoms with Crippen molar-refractivity contribution < 1.29 is 0 Å². The summed E-state index contributed by atoms with van der Waals surface area (Å²) in [7, 11) is 0. The summed E-state index contributed by atoms with van der Waals surface area (Å²) in [6.07, 6.45) is 2.42. The molecule has 3 heterocycles. The third-order valence-corrected chi connectivity index (χ3v) is 3.79. The Bertz CT molecular complexity index is 526. The van der Waals surface area contributed by atoms with Crippen molar-refractivity contribution in [1.82, 2.24) is 14.7 Å². The summed E-state index contributed by atoms with van der Waals surface area (Å²) in [5.41, 5.74) is 2.39. The van der Waals surface area contributed by atoms with Crippen molar-refractivity contribution in [2.45, 2.75) is 25.8 Å². The Hall–Kier alpha value is -0.870. The van der Waals surface area contributed by atoms with Gasteiger partial charge >= 0.3 is 0 Å². The second-order valence-electron chi connectivity index (χ2n) is 4.30. The number of aromatic nitrogens is 2. The summed E-state index contributed by atoms with van der Waals surface area (Å²) >= 11 is 3.54. The van der Waals surface area contributed by atoms with Gasteiger partial charge < -0.3 is 5.32 Å². The molecular formula is C12H14BrN3. The number of aryl methyl sites for hydroxylation is 1. The average Bonchev–Trinajstić information content (AvgIpc) is 2.87. The molecule has 0 radical (unpaired) electrons. The van der Waals surface area contributed by atoms with Crippen LogP contribution in [-0.4, -0.2) is 15.9 Å². The van der Waals surface area contributed by atoms with Crippen molar-refractivity contribution in [2.75, 3.05) is 6.54 Å². The van der Waals surface area contributed by atoms with E-state index in [1.807, 2.05) is 0 Å². The molecule has 1 aliphatic rings. The Balaban J connectivity index is 2.24. The highest BCUT2D eigenvalue weighted by Gasteiger charge is 2.22. The first-order valence-electron chi connectivity index (χ1n) is 5.64. The minimum absolute atomic E-state index is 0.403. The fourth-order valence-corrected chi connectivity index (χ4v) is 2.92. The standard InChI is InChI=1S/C12H14BrN3/c1-8-4-2-6-10-11(13)15-12(16(8)10)9-5-3-7-14-9/h2,4,6,9,14H,3,5,7H2,1H3. The molecule has 0 aromatic carbocycles. The zero-order chi connectivity index (χ0) is 11.1. The van der Waals surface area contributed by atoms with Gasteiger partial charge in [-0.1, -0.05) is 6.07 Å². The van der Waals surface area contributed by atoms with E-state index in [1.165, 1.54) is 18.5 Å². The number of nitrogens with zero attached hydrogens (tertiary/aromatic N) is 2. The van der Waals surface area contributed by atoms with E-state index in [0.717, 1.165) is 22.5 Å². The van der Waals surface area contributed by atoms with Crippen LogP contribution in [0.5, 0.6) is 0 Å². The second kappa shape index (κ2) is 3.86. The van der Waals surface area contributed by atoms with Crippen molar-refractivity contribution in [3.05, 3.63) is 34.3 Å². The number of nitrogens with one attached hydrogen (secondary N) is 1. The molecule has 1 saturated heterocycles. The molecule has 0 spiro atoms. The molecule has 1 N–H and O–H groups in total. The van der Waals surface area contributed by atoms with Gasteiger partial charge in [0.2, 0.25) is 0 Å². The summed E-state index contributed by atoms with van der Waals surface area (Å²) in [4.78, 5) is 4.65. The highest BCUT2D eigenvalue weighted by atomic mass is 79.9.